The van der Waals surface area contributed by atoms with E-state index in [0.29, 0.717) is 6.42 Å². The summed E-state index contributed by atoms with van der Waals surface area (Å²) in [5.41, 5.74) is 6.24. The first-order chi connectivity index (χ1) is 5.63. The van der Waals surface area contributed by atoms with Gasteiger partial charge < -0.3 is 11.1 Å². The van der Waals surface area contributed by atoms with E-state index in [9.17, 15) is 0 Å². The highest BCUT2D eigenvalue weighted by atomic mass is 32.1. The van der Waals surface area contributed by atoms with Crippen LogP contribution in [0.2, 0.25) is 0 Å². The number of nitrogens with zero attached hydrogens (tertiary/aromatic N) is 1. The number of nitrogens with two attached hydrogens (primary N) is 1. The second-order valence-corrected chi connectivity index (χ2v) is 3.56. The van der Waals surface area contributed by atoms with Crippen LogP contribution in [0.1, 0.15) is 10.6 Å². The van der Waals surface area contributed by atoms with Crippen LogP contribution in [0, 0.1) is 12.3 Å². The molecule has 0 aliphatic carbocycles. The minimum absolute atomic E-state index is 0.185. The van der Waals surface area contributed by atoms with Gasteiger partial charge in [-0.3, -0.25) is 5.41 Å². The summed E-state index contributed by atoms with van der Waals surface area (Å²) in [6.07, 6.45) is 0.505. The third-order valence-corrected chi connectivity index (χ3v) is 2.63. The molecule has 0 spiro atoms. The molecule has 1 rings (SSSR count). The molecule has 0 bridgehead atoms. The molecule has 0 aliphatic rings. The van der Waals surface area contributed by atoms with Gasteiger partial charge in [0, 0.05) is 18.3 Å². The molecular weight excluding hydrogens is 172 g/mol. The predicted molar refractivity (Wildman–Crippen MR) is 52.0 cm³/mol. The lowest BCUT2D eigenvalue weighted by Crippen LogP contribution is -2.12. The molecule has 5 heteroatoms. The Morgan fingerprint density at radius 3 is 2.83 bits per heavy atom. The molecule has 0 unspecified atom stereocenters. The maximum Gasteiger partial charge on any atom is 0.182 e. The fourth-order valence-electron chi connectivity index (χ4n) is 0.872. The first-order valence-electron chi connectivity index (χ1n) is 3.60. The summed E-state index contributed by atoms with van der Waals surface area (Å²) >= 11 is 1.54. The average Bonchev–Trinajstić information content (AvgIpc) is 2.31. The van der Waals surface area contributed by atoms with Crippen molar-refractivity contribution in [1.29, 1.82) is 5.41 Å². The first-order valence-corrected chi connectivity index (χ1v) is 4.42. The van der Waals surface area contributed by atoms with E-state index in [2.05, 4.69) is 10.3 Å². The molecule has 0 amide bonds. The van der Waals surface area contributed by atoms with E-state index in [1.807, 2.05) is 14.0 Å². The SMILES string of the molecule is CNc1nc(C)c(CC(=N)N)s1. The maximum absolute atomic E-state index is 7.13. The molecule has 0 saturated heterocycles. The van der Waals surface area contributed by atoms with Crippen LogP contribution in [0.3, 0.4) is 0 Å². The van der Waals surface area contributed by atoms with Crippen LogP contribution >= 0.6 is 11.3 Å². The summed E-state index contributed by atoms with van der Waals surface area (Å²) in [5.74, 6) is 0.185. The molecule has 1 heterocycles. The Balaban J connectivity index is 2.84. The van der Waals surface area contributed by atoms with Crippen LogP contribution < -0.4 is 11.1 Å². The van der Waals surface area contributed by atoms with Crippen LogP contribution in [0.15, 0.2) is 0 Å². The summed E-state index contributed by atoms with van der Waals surface area (Å²) in [6.45, 7) is 1.93. The fraction of sp³-hybridized carbons (Fsp3) is 0.429. The van der Waals surface area contributed by atoms with Gasteiger partial charge in [-0.1, -0.05) is 0 Å². The molecular formula is C7H12N4S. The van der Waals surface area contributed by atoms with Crippen molar-refractivity contribution in [2.45, 2.75) is 13.3 Å². The number of hydrogen-bond donors (Lipinski definition) is 3. The number of rotatable bonds is 3. The molecule has 4 nitrogen and oxygen atoms in total. The number of nitrogens with one attached hydrogen (secondary N) is 2. The molecule has 66 valence electrons. The Hall–Kier alpha value is -1.10. The topological polar surface area (TPSA) is 74.8 Å². The highest BCUT2D eigenvalue weighted by Crippen LogP contribution is 2.21. The molecule has 0 aliphatic heterocycles. The average molecular weight is 184 g/mol. The number of hydrogen-bond acceptors (Lipinski definition) is 4. The summed E-state index contributed by atoms with van der Waals surface area (Å²) in [7, 11) is 1.83. The molecule has 1 aromatic heterocycles. The molecule has 0 atom stereocenters. The number of thiazole rings is 1. The number of aromatic nitrogens is 1. The van der Waals surface area contributed by atoms with E-state index in [1.54, 1.807) is 11.3 Å². The van der Waals surface area contributed by atoms with Crippen molar-refractivity contribution >= 4 is 22.3 Å². The van der Waals surface area contributed by atoms with Crippen molar-refractivity contribution in [2.75, 3.05) is 12.4 Å². The predicted octanol–water partition coefficient (Wildman–Crippen LogP) is 0.972. The summed E-state index contributed by atoms with van der Waals surface area (Å²) in [6, 6.07) is 0. The smallest absolute Gasteiger partial charge is 0.182 e. The molecule has 0 radical (unpaired) electrons. The van der Waals surface area contributed by atoms with E-state index in [0.717, 1.165) is 15.7 Å². The van der Waals surface area contributed by atoms with Gasteiger partial charge in [-0.25, -0.2) is 4.98 Å². The van der Waals surface area contributed by atoms with E-state index in [4.69, 9.17) is 11.1 Å². The largest absolute Gasteiger partial charge is 0.387 e. The van der Waals surface area contributed by atoms with Crippen molar-refractivity contribution in [3.63, 3.8) is 0 Å². The molecule has 0 saturated carbocycles. The van der Waals surface area contributed by atoms with Gasteiger partial charge in [-0.05, 0) is 6.92 Å². The Kier molecular flexibility index (Phi) is 2.65. The van der Waals surface area contributed by atoms with Gasteiger partial charge in [0.15, 0.2) is 5.13 Å². The van der Waals surface area contributed by atoms with Gasteiger partial charge in [0.1, 0.15) is 0 Å². The van der Waals surface area contributed by atoms with Crippen LogP contribution in [0.4, 0.5) is 5.13 Å². The molecule has 0 fully saturated rings. The molecule has 4 N–H and O–H groups in total. The Morgan fingerprint density at radius 2 is 2.42 bits per heavy atom. The normalized spacial score (nSPS) is 9.83. The van der Waals surface area contributed by atoms with Crippen molar-refractivity contribution in [2.24, 2.45) is 5.73 Å². The minimum atomic E-state index is 0.185. The second-order valence-electron chi connectivity index (χ2n) is 2.48. The molecule has 1 aromatic rings. The van der Waals surface area contributed by atoms with Gasteiger partial charge in [-0.15, -0.1) is 11.3 Å². The van der Waals surface area contributed by atoms with Gasteiger partial charge in [0.05, 0.1) is 11.5 Å². The lowest BCUT2D eigenvalue weighted by molar-refractivity contribution is 1.18. The van der Waals surface area contributed by atoms with Crippen molar-refractivity contribution in [1.82, 2.24) is 4.98 Å². The fourth-order valence-corrected chi connectivity index (χ4v) is 1.81. The summed E-state index contributed by atoms with van der Waals surface area (Å²) < 4.78 is 0. The number of amidine groups is 1. The Labute approximate surface area is 75.3 Å². The monoisotopic (exact) mass is 184 g/mol. The van der Waals surface area contributed by atoms with Gasteiger partial charge in [0.2, 0.25) is 0 Å². The van der Waals surface area contributed by atoms with Crippen LogP contribution in [0.25, 0.3) is 0 Å². The van der Waals surface area contributed by atoms with Gasteiger partial charge >= 0.3 is 0 Å². The van der Waals surface area contributed by atoms with Gasteiger partial charge in [0.25, 0.3) is 0 Å². The zero-order valence-corrected chi connectivity index (χ0v) is 7.96. The summed E-state index contributed by atoms with van der Waals surface area (Å²) in [4.78, 5) is 5.30. The van der Waals surface area contributed by atoms with Gasteiger partial charge in [-0.2, -0.15) is 0 Å². The molecule has 0 aromatic carbocycles. The maximum atomic E-state index is 7.13. The summed E-state index contributed by atoms with van der Waals surface area (Å²) in [5, 5.41) is 11.0. The first kappa shape index (κ1) is 8.99. The molecule has 12 heavy (non-hydrogen) atoms. The second kappa shape index (κ2) is 3.53. The van der Waals surface area contributed by atoms with E-state index in [1.165, 1.54) is 0 Å². The van der Waals surface area contributed by atoms with Crippen molar-refractivity contribution in [3.05, 3.63) is 10.6 Å². The minimum Gasteiger partial charge on any atom is -0.387 e. The quantitative estimate of drug-likeness (QED) is 0.484. The zero-order valence-electron chi connectivity index (χ0n) is 7.14. The lowest BCUT2D eigenvalue weighted by Gasteiger charge is -1.93. The lowest BCUT2D eigenvalue weighted by atomic mass is 10.3. The van der Waals surface area contributed by atoms with Crippen LogP contribution in [-0.4, -0.2) is 17.9 Å². The highest BCUT2D eigenvalue weighted by molar-refractivity contribution is 7.15. The van der Waals surface area contributed by atoms with Crippen molar-refractivity contribution < 1.29 is 0 Å². The standard InChI is InChI=1S/C7H12N4S/c1-4-5(3-6(8)9)12-7(10-2)11-4/h3H2,1-2H3,(H3,8,9)(H,10,11). The highest BCUT2D eigenvalue weighted by Gasteiger charge is 2.06. The van der Waals surface area contributed by atoms with E-state index in [-0.39, 0.29) is 5.84 Å². The van der Waals surface area contributed by atoms with Crippen molar-refractivity contribution in [3.8, 4) is 0 Å². The van der Waals surface area contributed by atoms with E-state index >= 15 is 0 Å². The third kappa shape index (κ3) is 1.94. The van der Waals surface area contributed by atoms with E-state index < -0.39 is 0 Å². The Bertz CT molecular complexity index is 292. The number of anilines is 1. The number of aryl methyl sites for hydroxylation is 1. The van der Waals surface area contributed by atoms with Crippen LogP contribution in [-0.2, 0) is 6.42 Å². The zero-order chi connectivity index (χ0) is 9.14. The Morgan fingerprint density at radius 1 is 1.75 bits per heavy atom. The third-order valence-electron chi connectivity index (χ3n) is 1.46. The van der Waals surface area contributed by atoms with Crippen LogP contribution in [0.5, 0.6) is 0 Å².